The van der Waals surface area contributed by atoms with E-state index in [1.54, 1.807) is 11.3 Å². The van der Waals surface area contributed by atoms with Crippen LogP contribution < -0.4 is 5.32 Å². The maximum atomic E-state index is 12.9. The maximum absolute atomic E-state index is 12.9. The van der Waals surface area contributed by atoms with Crippen LogP contribution >= 0.6 is 11.3 Å². The number of carbonyl (C=O) groups is 1. The Morgan fingerprint density at radius 1 is 1.04 bits per heavy atom. The lowest BCUT2D eigenvalue weighted by Gasteiger charge is -2.08. The van der Waals surface area contributed by atoms with Crippen molar-refractivity contribution < 1.29 is 4.79 Å². The number of hydrogen-bond donors (Lipinski definition) is 2. The second kappa shape index (κ2) is 6.67. The van der Waals surface area contributed by atoms with Gasteiger partial charge >= 0.3 is 0 Å². The third kappa shape index (κ3) is 3.04. The van der Waals surface area contributed by atoms with Gasteiger partial charge in [0.05, 0.1) is 21.6 Å². The van der Waals surface area contributed by atoms with E-state index in [1.807, 2.05) is 48.5 Å². The molecule has 1 aliphatic carbocycles. The minimum absolute atomic E-state index is 0.0436. The Labute approximate surface area is 161 Å². The SMILES string of the molecule is O=C(Nc1ccccc1-c1nc2ccccc2[nH]1)c1cc2c(s1)CCCC2. The molecule has 2 aromatic heterocycles. The van der Waals surface area contributed by atoms with Gasteiger partial charge in [0, 0.05) is 10.4 Å². The van der Waals surface area contributed by atoms with Gasteiger partial charge in [-0.05, 0) is 61.6 Å². The molecule has 4 nitrogen and oxygen atoms in total. The number of aryl methyl sites for hydroxylation is 2. The normalized spacial score (nSPS) is 13.5. The third-order valence-corrected chi connectivity index (χ3v) is 6.28. The van der Waals surface area contributed by atoms with Crippen LogP contribution in [0.3, 0.4) is 0 Å². The number of aromatic amines is 1. The minimum Gasteiger partial charge on any atom is -0.338 e. The van der Waals surface area contributed by atoms with Crippen LogP contribution in [0.2, 0.25) is 0 Å². The van der Waals surface area contributed by atoms with Crippen molar-refractivity contribution in [2.75, 3.05) is 5.32 Å². The maximum Gasteiger partial charge on any atom is 0.265 e. The van der Waals surface area contributed by atoms with Gasteiger partial charge in [0.15, 0.2) is 0 Å². The molecule has 0 saturated carbocycles. The van der Waals surface area contributed by atoms with E-state index in [0.29, 0.717) is 0 Å². The van der Waals surface area contributed by atoms with Crippen LogP contribution in [-0.2, 0) is 12.8 Å². The van der Waals surface area contributed by atoms with Gasteiger partial charge in [-0.15, -0.1) is 11.3 Å². The number of nitrogens with one attached hydrogen (secondary N) is 2. The number of fused-ring (bicyclic) bond motifs is 2. The average molecular weight is 373 g/mol. The molecular weight excluding hydrogens is 354 g/mol. The molecule has 1 aliphatic rings. The number of nitrogens with zero attached hydrogens (tertiary/aromatic N) is 1. The molecule has 0 unspecified atom stereocenters. The number of rotatable bonds is 3. The monoisotopic (exact) mass is 373 g/mol. The van der Waals surface area contributed by atoms with E-state index in [1.165, 1.54) is 23.3 Å². The Hall–Kier alpha value is -2.92. The summed E-state index contributed by atoms with van der Waals surface area (Å²) in [7, 11) is 0. The second-order valence-corrected chi connectivity index (χ2v) is 8.01. The smallest absolute Gasteiger partial charge is 0.265 e. The Morgan fingerprint density at radius 2 is 1.85 bits per heavy atom. The highest BCUT2D eigenvalue weighted by Gasteiger charge is 2.18. The van der Waals surface area contributed by atoms with Crippen molar-refractivity contribution in [2.24, 2.45) is 0 Å². The Kier molecular flexibility index (Phi) is 4.02. The van der Waals surface area contributed by atoms with E-state index in [4.69, 9.17) is 0 Å². The molecule has 2 aromatic carbocycles. The summed E-state index contributed by atoms with van der Waals surface area (Å²) in [6.45, 7) is 0. The molecule has 0 fully saturated rings. The van der Waals surface area contributed by atoms with Gasteiger partial charge in [-0.1, -0.05) is 24.3 Å². The van der Waals surface area contributed by atoms with Gasteiger partial charge in [0.1, 0.15) is 5.82 Å². The number of para-hydroxylation sites is 3. The Bertz CT molecular complexity index is 1080. The molecule has 0 aliphatic heterocycles. The first kappa shape index (κ1) is 16.3. The summed E-state index contributed by atoms with van der Waals surface area (Å²) in [5.74, 6) is 0.718. The summed E-state index contributed by atoms with van der Waals surface area (Å²) in [5, 5.41) is 3.09. The van der Waals surface area contributed by atoms with Crippen molar-refractivity contribution in [2.45, 2.75) is 25.7 Å². The zero-order valence-corrected chi connectivity index (χ0v) is 15.6. The predicted molar refractivity (Wildman–Crippen MR) is 110 cm³/mol. The highest BCUT2D eigenvalue weighted by Crippen LogP contribution is 2.32. The molecule has 27 heavy (non-hydrogen) atoms. The molecule has 134 valence electrons. The van der Waals surface area contributed by atoms with E-state index in [9.17, 15) is 4.79 Å². The molecule has 4 aromatic rings. The van der Waals surface area contributed by atoms with Gasteiger partial charge in [0.2, 0.25) is 0 Å². The molecule has 5 heteroatoms. The van der Waals surface area contributed by atoms with Crippen molar-refractivity contribution in [1.82, 2.24) is 9.97 Å². The van der Waals surface area contributed by atoms with Crippen LogP contribution in [-0.4, -0.2) is 15.9 Å². The minimum atomic E-state index is -0.0436. The first-order valence-electron chi connectivity index (χ1n) is 9.25. The van der Waals surface area contributed by atoms with Crippen LogP contribution in [0.5, 0.6) is 0 Å². The summed E-state index contributed by atoms with van der Waals surface area (Å²) in [4.78, 5) is 23.0. The molecular formula is C22H19N3OS. The molecule has 1 amide bonds. The van der Waals surface area contributed by atoms with Crippen molar-refractivity contribution in [3.8, 4) is 11.4 Å². The van der Waals surface area contributed by atoms with E-state index in [2.05, 4.69) is 21.4 Å². The first-order valence-corrected chi connectivity index (χ1v) is 10.1. The molecule has 0 bridgehead atoms. The lowest BCUT2D eigenvalue weighted by molar-refractivity contribution is 0.103. The molecule has 5 rings (SSSR count). The van der Waals surface area contributed by atoms with E-state index in [0.717, 1.165) is 45.8 Å². The van der Waals surface area contributed by atoms with Gasteiger partial charge in [-0.2, -0.15) is 0 Å². The number of imidazole rings is 1. The summed E-state index contributed by atoms with van der Waals surface area (Å²) in [5.41, 5.74) is 4.91. The van der Waals surface area contributed by atoms with E-state index < -0.39 is 0 Å². The van der Waals surface area contributed by atoms with Crippen molar-refractivity contribution in [3.63, 3.8) is 0 Å². The third-order valence-electron chi connectivity index (χ3n) is 5.04. The first-order chi connectivity index (χ1) is 13.3. The molecule has 0 atom stereocenters. The van der Waals surface area contributed by atoms with Crippen molar-refractivity contribution in [1.29, 1.82) is 0 Å². The van der Waals surface area contributed by atoms with Crippen LogP contribution in [0.25, 0.3) is 22.4 Å². The zero-order chi connectivity index (χ0) is 18.2. The van der Waals surface area contributed by atoms with E-state index in [-0.39, 0.29) is 5.91 Å². The standard InChI is InChI=1S/C22H19N3OS/c26-22(20-13-14-7-1-6-12-19(14)27-20)25-16-9-3-2-8-15(16)21-23-17-10-4-5-11-18(17)24-21/h2-5,8-11,13H,1,6-7,12H2,(H,23,24)(H,25,26). The number of carbonyl (C=O) groups excluding carboxylic acids is 1. The largest absolute Gasteiger partial charge is 0.338 e. The lowest BCUT2D eigenvalue weighted by Crippen LogP contribution is -2.11. The fraction of sp³-hybridized carbons (Fsp3) is 0.182. The second-order valence-electron chi connectivity index (χ2n) is 6.87. The van der Waals surface area contributed by atoms with E-state index >= 15 is 0 Å². The Morgan fingerprint density at radius 3 is 2.74 bits per heavy atom. The van der Waals surface area contributed by atoms with Crippen molar-refractivity contribution >= 4 is 34.0 Å². The average Bonchev–Trinajstić information content (AvgIpc) is 3.32. The van der Waals surface area contributed by atoms with Crippen LogP contribution in [0.15, 0.2) is 54.6 Å². The fourth-order valence-corrected chi connectivity index (χ4v) is 4.81. The molecule has 2 heterocycles. The highest BCUT2D eigenvalue weighted by molar-refractivity contribution is 7.14. The molecule has 0 radical (unpaired) electrons. The van der Waals surface area contributed by atoms with Gasteiger partial charge in [-0.3, -0.25) is 4.79 Å². The van der Waals surface area contributed by atoms with Crippen molar-refractivity contribution in [3.05, 3.63) is 69.9 Å². The van der Waals surface area contributed by atoms with Crippen LogP contribution in [0, 0.1) is 0 Å². The number of amides is 1. The number of aromatic nitrogens is 2. The summed E-state index contributed by atoms with van der Waals surface area (Å²) < 4.78 is 0. The lowest BCUT2D eigenvalue weighted by atomic mass is 9.99. The number of thiophene rings is 1. The summed E-state index contributed by atoms with van der Waals surface area (Å²) in [6.07, 6.45) is 4.64. The number of H-pyrrole nitrogens is 1. The summed E-state index contributed by atoms with van der Waals surface area (Å²) >= 11 is 1.63. The van der Waals surface area contributed by atoms with Gasteiger partial charge in [0.25, 0.3) is 5.91 Å². The molecule has 0 saturated heterocycles. The highest BCUT2D eigenvalue weighted by atomic mass is 32.1. The van der Waals surface area contributed by atoms with Gasteiger partial charge in [-0.25, -0.2) is 4.98 Å². The topological polar surface area (TPSA) is 57.8 Å². The Balaban J connectivity index is 1.47. The number of hydrogen-bond acceptors (Lipinski definition) is 3. The van der Waals surface area contributed by atoms with Crippen LogP contribution in [0.4, 0.5) is 5.69 Å². The summed E-state index contributed by atoms with van der Waals surface area (Å²) in [6, 6.07) is 17.8. The molecule has 0 spiro atoms. The van der Waals surface area contributed by atoms with Gasteiger partial charge < -0.3 is 10.3 Å². The quantitative estimate of drug-likeness (QED) is 0.503. The number of anilines is 1. The molecule has 2 N–H and O–H groups in total. The zero-order valence-electron chi connectivity index (χ0n) is 14.8. The predicted octanol–water partition coefficient (Wildman–Crippen LogP) is 5.42. The fourth-order valence-electron chi connectivity index (χ4n) is 3.67. The number of benzene rings is 2. The van der Waals surface area contributed by atoms with Crippen LogP contribution in [0.1, 0.15) is 33.0 Å².